The first-order valence-corrected chi connectivity index (χ1v) is 5.97. The van der Waals surface area contributed by atoms with Gasteiger partial charge in [-0.05, 0) is 6.92 Å². The lowest BCUT2D eigenvalue weighted by Crippen LogP contribution is -2.53. The summed E-state index contributed by atoms with van der Waals surface area (Å²) in [5.41, 5.74) is -1.11. The summed E-state index contributed by atoms with van der Waals surface area (Å²) >= 11 is 0. The van der Waals surface area contributed by atoms with Gasteiger partial charge < -0.3 is 14.6 Å². The third-order valence-corrected chi connectivity index (χ3v) is 3.39. The third kappa shape index (κ3) is 3.17. The van der Waals surface area contributed by atoms with E-state index in [0.29, 0.717) is 0 Å². The van der Waals surface area contributed by atoms with Gasteiger partial charge in [-0.15, -0.1) is 0 Å². The van der Waals surface area contributed by atoms with E-state index >= 15 is 0 Å². The van der Waals surface area contributed by atoms with E-state index in [-0.39, 0.29) is 43.2 Å². The fourth-order valence-corrected chi connectivity index (χ4v) is 2.24. The van der Waals surface area contributed by atoms with Gasteiger partial charge in [-0.25, -0.2) is 0 Å². The molecule has 0 amide bonds. The van der Waals surface area contributed by atoms with E-state index < -0.39 is 17.7 Å². The second-order valence-corrected chi connectivity index (χ2v) is 4.57. The quantitative estimate of drug-likeness (QED) is 0.314. The Labute approximate surface area is 105 Å². The number of carbonyl (C=O) groups excluding carboxylic acids is 1. The minimum absolute atomic E-state index is 0.176. The molecule has 0 heterocycles. The summed E-state index contributed by atoms with van der Waals surface area (Å²) in [5, 5.41) is 20.3. The molecule has 1 aliphatic carbocycles. The second kappa shape index (κ2) is 6.10. The highest BCUT2D eigenvalue weighted by atomic mass is 16.6. The van der Waals surface area contributed by atoms with Crippen molar-refractivity contribution in [1.29, 1.82) is 0 Å². The Kier molecular flexibility index (Phi) is 5.03. The molecular formula is C11H19NO6. The molecule has 0 bridgehead atoms. The second-order valence-electron chi connectivity index (χ2n) is 4.57. The van der Waals surface area contributed by atoms with E-state index in [0.717, 1.165) is 0 Å². The number of carbonyl (C=O) groups is 1. The fourth-order valence-electron chi connectivity index (χ4n) is 2.24. The van der Waals surface area contributed by atoms with Gasteiger partial charge in [0.25, 0.3) is 0 Å². The zero-order chi connectivity index (χ0) is 13.8. The SMILES string of the molecule is CCOC(=O)C1CC(CCC(O)OC)([N+](=O)[O-])C1. The molecule has 0 radical (unpaired) electrons. The van der Waals surface area contributed by atoms with Gasteiger partial charge >= 0.3 is 5.97 Å². The van der Waals surface area contributed by atoms with Gasteiger partial charge in [0.1, 0.15) is 0 Å². The number of hydrogen-bond acceptors (Lipinski definition) is 6. The van der Waals surface area contributed by atoms with Crippen LogP contribution in [0.15, 0.2) is 0 Å². The zero-order valence-corrected chi connectivity index (χ0v) is 10.6. The molecule has 1 fully saturated rings. The molecule has 1 unspecified atom stereocenters. The Morgan fingerprint density at radius 2 is 2.22 bits per heavy atom. The predicted molar refractivity (Wildman–Crippen MR) is 61.3 cm³/mol. The highest BCUT2D eigenvalue weighted by Gasteiger charge is 2.57. The maximum Gasteiger partial charge on any atom is 0.309 e. The average molecular weight is 261 g/mol. The molecule has 7 nitrogen and oxygen atoms in total. The van der Waals surface area contributed by atoms with Gasteiger partial charge in [0.2, 0.25) is 5.54 Å². The van der Waals surface area contributed by atoms with Crippen LogP contribution in [0.4, 0.5) is 0 Å². The molecule has 0 aromatic rings. The Morgan fingerprint density at radius 1 is 1.61 bits per heavy atom. The summed E-state index contributed by atoms with van der Waals surface area (Å²) < 4.78 is 9.48. The number of nitro groups is 1. The molecule has 0 aromatic carbocycles. The van der Waals surface area contributed by atoms with Crippen molar-refractivity contribution in [3.05, 3.63) is 10.1 Å². The van der Waals surface area contributed by atoms with E-state index in [1.54, 1.807) is 6.92 Å². The van der Waals surface area contributed by atoms with Crippen molar-refractivity contribution in [2.24, 2.45) is 5.92 Å². The molecule has 1 saturated carbocycles. The minimum atomic E-state index is -1.11. The van der Waals surface area contributed by atoms with Crippen molar-refractivity contribution in [1.82, 2.24) is 0 Å². The van der Waals surface area contributed by atoms with Crippen molar-refractivity contribution in [3.8, 4) is 0 Å². The van der Waals surface area contributed by atoms with Crippen LogP contribution in [0, 0.1) is 16.0 Å². The largest absolute Gasteiger partial charge is 0.466 e. The number of aliphatic hydroxyl groups excluding tert-OH is 1. The van der Waals surface area contributed by atoms with Crippen LogP contribution >= 0.6 is 0 Å². The lowest BCUT2D eigenvalue weighted by molar-refractivity contribution is -0.591. The molecule has 0 spiro atoms. The first kappa shape index (κ1) is 14.8. The zero-order valence-electron chi connectivity index (χ0n) is 10.6. The molecule has 0 aliphatic heterocycles. The minimum Gasteiger partial charge on any atom is -0.466 e. The lowest BCUT2D eigenvalue weighted by atomic mass is 9.66. The predicted octanol–water partition coefficient (Wildman–Crippen LogP) is 0.720. The summed E-state index contributed by atoms with van der Waals surface area (Å²) in [6.45, 7) is 1.98. The topological polar surface area (TPSA) is 98.9 Å². The number of ether oxygens (including phenoxy) is 2. The van der Waals surface area contributed by atoms with Crippen molar-refractivity contribution in [2.75, 3.05) is 13.7 Å². The average Bonchev–Trinajstić information content (AvgIpc) is 2.26. The van der Waals surface area contributed by atoms with Crippen molar-refractivity contribution in [3.63, 3.8) is 0 Å². The number of aliphatic hydroxyl groups is 1. The summed E-state index contributed by atoms with van der Waals surface area (Å²) in [6, 6.07) is 0. The monoisotopic (exact) mass is 261 g/mol. The number of nitrogens with zero attached hydrogens (tertiary/aromatic N) is 1. The van der Waals surface area contributed by atoms with E-state index in [2.05, 4.69) is 4.74 Å². The number of esters is 1. The van der Waals surface area contributed by atoms with E-state index in [1.165, 1.54) is 7.11 Å². The van der Waals surface area contributed by atoms with Gasteiger partial charge in [0.15, 0.2) is 6.29 Å². The number of hydrogen-bond donors (Lipinski definition) is 1. The van der Waals surface area contributed by atoms with E-state index in [9.17, 15) is 20.0 Å². The van der Waals surface area contributed by atoms with Crippen LogP contribution in [0.25, 0.3) is 0 Å². The van der Waals surface area contributed by atoms with Gasteiger partial charge in [-0.1, -0.05) is 0 Å². The Hall–Kier alpha value is -1.21. The van der Waals surface area contributed by atoms with E-state index in [4.69, 9.17) is 4.74 Å². The summed E-state index contributed by atoms with van der Waals surface area (Å²) in [4.78, 5) is 22.1. The number of rotatable bonds is 7. The molecule has 1 rings (SSSR count). The first-order chi connectivity index (χ1) is 8.45. The Balaban J connectivity index is 2.50. The van der Waals surface area contributed by atoms with Crippen LogP contribution < -0.4 is 0 Å². The van der Waals surface area contributed by atoms with Crippen LogP contribution in [-0.4, -0.2) is 41.5 Å². The maximum atomic E-state index is 11.4. The van der Waals surface area contributed by atoms with Crippen molar-refractivity contribution >= 4 is 5.97 Å². The molecule has 18 heavy (non-hydrogen) atoms. The normalized spacial score (nSPS) is 28.3. The molecule has 1 atom stereocenters. The van der Waals surface area contributed by atoms with Crippen LogP contribution in [0.2, 0.25) is 0 Å². The van der Waals surface area contributed by atoms with E-state index in [1.807, 2.05) is 0 Å². The van der Waals surface area contributed by atoms with Crippen molar-refractivity contribution in [2.45, 2.75) is 44.4 Å². The highest BCUT2D eigenvalue weighted by molar-refractivity contribution is 5.74. The molecule has 0 saturated heterocycles. The summed E-state index contributed by atoms with van der Waals surface area (Å²) in [7, 11) is 1.34. The van der Waals surface area contributed by atoms with Crippen LogP contribution in [0.3, 0.4) is 0 Å². The fraction of sp³-hybridized carbons (Fsp3) is 0.909. The molecule has 1 aliphatic rings. The highest BCUT2D eigenvalue weighted by Crippen LogP contribution is 2.44. The summed E-state index contributed by atoms with van der Waals surface area (Å²) in [5.74, 6) is -0.766. The molecule has 7 heteroatoms. The van der Waals surface area contributed by atoms with Crippen molar-refractivity contribution < 1.29 is 24.3 Å². The Bertz CT molecular complexity index is 313. The van der Waals surface area contributed by atoms with Crippen LogP contribution in [0.5, 0.6) is 0 Å². The third-order valence-electron chi connectivity index (χ3n) is 3.39. The number of methoxy groups -OCH3 is 1. The first-order valence-electron chi connectivity index (χ1n) is 5.97. The smallest absolute Gasteiger partial charge is 0.309 e. The maximum absolute atomic E-state index is 11.4. The lowest BCUT2D eigenvalue weighted by Gasteiger charge is -2.38. The molecule has 1 N–H and O–H groups in total. The van der Waals surface area contributed by atoms with Gasteiger partial charge in [-0.2, -0.15) is 0 Å². The van der Waals surface area contributed by atoms with Gasteiger partial charge in [-0.3, -0.25) is 14.9 Å². The summed E-state index contributed by atoms with van der Waals surface area (Å²) in [6.07, 6.45) is -0.258. The van der Waals surface area contributed by atoms with Crippen LogP contribution in [0.1, 0.15) is 32.6 Å². The van der Waals surface area contributed by atoms with Crippen LogP contribution in [-0.2, 0) is 14.3 Å². The molecule has 104 valence electrons. The van der Waals surface area contributed by atoms with Gasteiger partial charge in [0.05, 0.1) is 12.5 Å². The standard InChI is InChI=1S/C11H19NO6/c1-3-18-10(14)8-6-11(7-8,12(15)16)5-4-9(13)17-2/h8-9,13H,3-7H2,1-2H3. The van der Waals surface area contributed by atoms with Gasteiger partial charge in [0, 0.05) is 37.7 Å². The molecule has 0 aromatic heterocycles. The molecular weight excluding hydrogens is 242 g/mol. The Morgan fingerprint density at radius 3 is 2.67 bits per heavy atom.